The van der Waals surface area contributed by atoms with Gasteiger partial charge in [0.15, 0.2) is 0 Å². The van der Waals surface area contributed by atoms with Crippen LogP contribution in [-0.4, -0.2) is 35.5 Å². The number of amides is 1. The molecule has 1 fully saturated rings. The van der Waals surface area contributed by atoms with Crippen LogP contribution >= 0.6 is 15.9 Å². The van der Waals surface area contributed by atoms with E-state index < -0.39 is 0 Å². The number of carbonyl (C=O) groups is 1. The Balaban J connectivity index is 1.72. The number of H-pyrrole nitrogens is 1. The van der Waals surface area contributed by atoms with Gasteiger partial charge in [-0.25, -0.2) is 0 Å². The minimum absolute atomic E-state index is 0.0823. The summed E-state index contributed by atoms with van der Waals surface area (Å²) in [5.41, 5.74) is 2.49. The van der Waals surface area contributed by atoms with Crippen molar-refractivity contribution in [2.24, 2.45) is 5.92 Å². The van der Waals surface area contributed by atoms with Gasteiger partial charge in [0.2, 0.25) is 5.91 Å². The molecule has 0 bridgehead atoms. The SMILES string of the molecule is O=C(C1CCOC1)N1CCc2[nH]c(Br)cc2C1. The van der Waals surface area contributed by atoms with E-state index in [0.29, 0.717) is 6.61 Å². The van der Waals surface area contributed by atoms with Gasteiger partial charge in [0.25, 0.3) is 0 Å². The van der Waals surface area contributed by atoms with Gasteiger partial charge >= 0.3 is 0 Å². The summed E-state index contributed by atoms with van der Waals surface area (Å²) in [4.78, 5) is 17.5. The fraction of sp³-hybridized carbons (Fsp3) is 0.583. The van der Waals surface area contributed by atoms with Crippen molar-refractivity contribution < 1.29 is 9.53 Å². The number of hydrogen-bond donors (Lipinski definition) is 1. The highest BCUT2D eigenvalue weighted by Gasteiger charge is 2.30. The fourth-order valence-corrected chi connectivity index (χ4v) is 3.09. The number of hydrogen-bond acceptors (Lipinski definition) is 2. The number of halogens is 1. The van der Waals surface area contributed by atoms with Gasteiger partial charge in [0.05, 0.1) is 17.1 Å². The molecule has 3 heterocycles. The van der Waals surface area contributed by atoms with Crippen LogP contribution in [0.2, 0.25) is 0 Å². The lowest BCUT2D eigenvalue weighted by Gasteiger charge is -2.28. The Morgan fingerprint density at radius 1 is 1.59 bits per heavy atom. The van der Waals surface area contributed by atoms with Crippen molar-refractivity contribution in [2.45, 2.75) is 19.4 Å². The molecule has 0 radical (unpaired) electrons. The Hall–Kier alpha value is -0.810. The summed E-state index contributed by atoms with van der Waals surface area (Å²) in [7, 11) is 0. The number of aromatic nitrogens is 1. The molecule has 2 aliphatic heterocycles. The molecule has 0 spiro atoms. The molecule has 5 heteroatoms. The maximum atomic E-state index is 12.2. The summed E-state index contributed by atoms with van der Waals surface area (Å²) in [6, 6.07) is 2.07. The van der Waals surface area contributed by atoms with Gasteiger partial charge in [-0.3, -0.25) is 4.79 Å². The van der Waals surface area contributed by atoms with Crippen LogP contribution in [-0.2, 0) is 22.5 Å². The quantitative estimate of drug-likeness (QED) is 0.858. The van der Waals surface area contributed by atoms with E-state index in [-0.39, 0.29) is 11.8 Å². The molecule has 1 aromatic rings. The molecule has 3 rings (SSSR count). The Morgan fingerprint density at radius 3 is 3.24 bits per heavy atom. The molecular formula is C12H15BrN2O2. The summed E-state index contributed by atoms with van der Waals surface area (Å²) in [6.07, 6.45) is 1.79. The average molecular weight is 299 g/mol. The molecule has 92 valence electrons. The molecular weight excluding hydrogens is 284 g/mol. The van der Waals surface area contributed by atoms with Gasteiger partial charge in [-0.15, -0.1) is 0 Å². The predicted octanol–water partition coefficient (Wildman–Crippen LogP) is 1.70. The van der Waals surface area contributed by atoms with Gasteiger partial charge < -0.3 is 14.6 Å². The van der Waals surface area contributed by atoms with E-state index >= 15 is 0 Å². The third-order valence-electron chi connectivity index (χ3n) is 3.54. The number of nitrogens with one attached hydrogen (secondary N) is 1. The Labute approximate surface area is 108 Å². The van der Waals surface area contributed by atoms with E-state index in [1.165, 1.54) is 11.3 Å². The highest BCUT2D eigenvalue weighted by molar-refractivity contribution is 9.10. The van der Waals surface area contributed by atoms with E-state index in [1.807, 2.05) is 4.90 Å². The van der Waals surface area contributed by atoms with Crippen molar-refractivity contribution in [3.8, 4) is 0 Å². The number of aromatic amines is 1. The molecule has 1 aromatic heterocycles. The fourth-order valence-electron chi connectivity index (χ4n) is 2.57. The molecule has 1 atom stereocenters. The van der Waals surface area contributed by atoms with Crippen LogP contribution in [0.5, 0.6) is 0 Å². The highest BCUT2D eigenvalue weighted by atomic mass is 79.9. The van der Waals surface area contributed by atoms with Gasteiger partial charge in [-0.2, -0.15) is 0 Å². The highest BCUT2D eigenvalue weighted by Crippen LogP contribution is 2.25. The van der Waals surface area contributed by atoms with Crippen molar-refractivity contribution in [3.63, 3.8) is 0 Å². The molecule has 0 saturated carbocycles. The van der Waals surface area contributed by atoms with Crippen LogP contribution in [0.15, 0.2) is 10.7 Å². The summed E-state index contributed by atoms with van der Waals surface area (Å²) < 4.78 is 6.28. The predicted molar refractivity (Wildman–Crippen MR) is 66.5 cm³/mol. The molecule has 1 amide bonds. The molecule has 0 aromatic carbocycles. The molecule has 1 unspecified atom stereocenters. The van der Waals surface area contributed by atoms with Crippen LogP contribution in [0.3, 0.4) is 0 Å². The van der Waals surface area contributed by atoms with Crippen molar-refractivity contribution in [1.82, 2.24) is 9.88 Å². The Morgan fingerprint density at radius 2 is 2.47 bits per heavy atom. The van der Waals surface area contributed by atoms with E-state index in [4.69, 9.17) is 4.74 Å². The van der Waals surface area contributed by atoms with Gasteiger partial charge in [-0.05, 0) is 34.0 Å². The zero-order chi connectivity index (χ0) is 11.8. The van der Waals surface area contributed by atoms with Gasteiger partial charge in [-0.1, -0.05) is 0 Å². The molecule has 1 N–H and O–H groups in total. The maximum Gasteiger partial charge on any atom is 0.228 e. The summed E-state index contributed by atoms with van der Waals surface area (Å²) >= 11 is 3.44. The smallest absolute Gasteiger partial charge is 0.228 e. The monoisotopic (exact) mass is 298 g/mol. The first-order chi connectivity index (χ1) is 8.24. The van der Waals surface area contributed by atoms with E-state index in [9.17, 15) is 4.79 Å². The normalized spacial score (nSPS) is 23.8. The Bertz CT molecular complexity index is 438. The van der Waals surface area contributed by atoms with E-state index in [1.54, 1.807) is 0 Å². The zero-order valence-corrected chi connectivity index (χ0v) is 11.1. The maximum absolute atomic E-state index is 12.2. The van der Waals surface area contributed by atoms with Crippen LogP contribution in [0, 0.1) is 5.92 Å². The first-order valence-corrected chi connectivity index (χ1v) is 6.76. The Kier molecular flexibility index (Phi) is 2.96. The lowest BCUT2D eigenvalue weighted by atomic mass is 10.0. The number of nitrogens with zero attached hydrogens (tertiary/aromatic N) is 1. The summed E-state index contributed by atoms with van der Waals surface area (Å²) in [6.45, 7) is 2.87. The zero-order valence-electron chi connectivity index (χ0n) is 9.54. The van der Waals surface area contributed by atoms with Crippen LogP contribution in [0.4, 0.5) is 0 Å². The standard InChI is InChI=1S/C12H15BrN2O2/c13-11-5-9-6-15(3-1-10(9)14-11)12(16)8-2-4-17-7-8/h5,8,14H,1-4,6-7H2. The third-order valence-corrected chi connectivity index (χ3v) is 3.97. The first kappa shape index (κ1) is 11.3. The second-order valence-corrected chi connectivity index (χ2v) is 5.55. The van der Waals surface area contributed by atoms with Crippen LogP contribution < -0.4 is 0 Å². The second-order valence-electron chi connectivity index (χ2n) is 4.69. The summed E-state index contributed by atoms with van der Waals surface area (Å²) in [5, 5.41) is 0. The van der Waals surface area contributed by atoms with Gasteiger partial charge in [0.1, 0.15) is 0 Å². The molecule has 4 nitrogen and oxygen atoms in total. The van der Waals surface area contributed by atoms with Crippen molar-refractivity contribution >= 4 is 21.8 Å². The number of fused-ring (bicyclic) bond motifs is 1. The number of ether oxygens (including phenoxy) is 1. The lowest BCUT2D eigenvalue weighted by molar-refractivity contribution is -0.136. The minimum atomic E-state index is 0.0823. The van der Waals surface area contributed by atoms with E-state index in [0.717, 1.165) is 37.1 Å². The van der Waals surface area contributed by atoms with Crippen molar-refractivity contribution in [1.29, 1.82) is 0 Å². The van der Waals surface area contributed by atoms with Crippen LogP contribution in [0.25, 0.3) is 0 Å². The minimum Gasteiger partial charge on any atom is -0.381 e. The van der Waals surface area contributed by atoms with Crippen molar-refractivity contribution in [2.75, 3.05) is 19.8 Å². The van der Waals surface area contributed by atoms with Crippen LogP contribution in [0.1, 0.15) is 17.7 Å². The first-order valence-electron chi connectivity index (χ1n) is 5.97. The van der Waals surface area contributed by atoms with E-state index in [2.05, 4.69) is 27.0 Å². The lowest BCUT2D eigenvalue weighted by Crippen LogP contribution is -2.39. The largest absolute Gasteiger partial charge is 0.381 e. The molecule has 1 saturated heterocycles. The average Bonchev–Trinajstić information content (AvgIpc) is 2.94. The second kappa shape index (κ2) is 4.46. The van der Waals surface area contributed by atoms with Gasteiger partial charge in [0, 0.05) is 31.8 Å². The summed E-state index contributed by atoms with van der Waals surface area (Å²) in [5.74, 6) is 0.337. The third kappa shape index (κ3) is 2.13. The molecule has 2 aliphatic rings. The number of carbonyl (C=O) groups excluding carboxylic acids is 1. The topological polar surface area (TPSA) is 45.3 Å². The van der Waals surface area contributed by atoms with Crippen molar-refractivity contribution in [3.05, 3.63) is 21.9 Å². The molecule has 17 heavy (non-hydrogen) atoms. The molecule has 0 aliphatic carbocycles. The number of rotatable bonds is 1.